The molecule has 4 nitrogen and oxygen atoms in total. The number of benzene rings is 1. The molecule has 3 aromatic rings. The molecular weight excluding hydrogens is 425 g/mol. The van der Waals surface area contributed by atoms with Gasteiger partial charge in [-0.3, -0.25) is 0 Å². The van der Waals surface area contributed by atoms with Gasteiger partial charge in [-0.05, 0) is 0 Å². The number of hydrogen-bond acceptors (Lipinski definition) is 3. The van der Waals surface area contributed by atoms with Crippen molar-refractivity contribution in [1.82, 2.24) is 4.90 Å². The molecule has 122 valence electrons. The molecule has 0 aliphatic heterocycles. The minimum absolute atomic E-state index is 0.0710. The third-order valence-electron chi connectivity index (χ3n) is 3.29. The van der Waals surface area contributed by atoms with Crippen LogP contribution in [-0.2, 0) is 0 Å². The molecule has 0 bridgehead atoms. The summed E-state index contributed by atoms with van der Waals surface area (Å²) in [6, 6.07) is 5.52. The molecule has 0 N–H and O–H groups in total. The number of amides is 1. The van der Waals surface area contributed by atoms with E-state index in [1.54, 1.807) is 20.2 Å². The zero-order valence-corrected chi connectivity index (χ0v) is 17.0. The molecule has 0 radical (unpaired) electrons. The van der Waals surface area contributed by atoms with Crippen LogP contribution in [0.5, 0.6) is 0 Å². The van der Waals surface area contributed by atoms with Crippen LogP contribution in [0.15, 0.2) is 31.9 Å². The van der Waals surface area contributed by atoms with Gasteiger partial charge in [0.15, 0.2) is 0 Å². The van der Waals surface area contributed by atoms with Crippen molar-refractivity contribution in [2.45, 2.75) is 20.8 Å². The van der Waals surface area contributed by atoms with Crippen molar-refractivity contribution >= 4 is 57.0 Å². The standard InChI is InChI=1S/C15H12BrNO3Se.C2H6/c1-7-11(16)9-5-4-8-6-10(14(18)17(2)3)15(19)20-12(8)13(9)21-7;1-2/h4-6H,1-3H3;1-2H3. The molecule has 1 aromatic carbocycles. The normalized spacial score (nSPS) is 10.5. The van der Waals surface area contributed by atoms with E-state index in [1.165, 1.54) is 9.34 Å². The van der Waals surface area contributed by atoms with Gasteiger partial charge in [0.05, 0.1) is 0 Å². The van der Waals surface area contributed by atoms with Crippen molar-refractivity contribution in [2.24, 2.45) is 0 Å². The Labute approximate surface area is 149 Å². The monoisotopic (exact) mass is 443 g/mol. The summed E-state index contributed by atoms with van der Waals surface area (Å²) in [7, 11) is 3.23. The van der Waals surface area contributed by atoms with Crippen molar-refractivity contribution in [3.8, 4) is 0 Å². The van der Waals surface area contributed by atoms with Gasteiger partial charge in [-0.15, -0.1) is 0 Å². The van der Waals surface area contributed by atoms with Gasteiger partial charge in [-0.2, -0.15) is 0 Å². The van der Waals surface area contributed by atoms with Crippen molar-refractivity contribution < 1.29 is 9.21 Å². The number of nitrogens with zero attached hydrogens (tertiary/aromatic N) is 1. The van der Waals surface area contributed by atoms with E-state index >= 15 is 0 Å². The molecule has 23 heavy (non-hydrogen) atoms. The van der Waals surface area contributed by atoms with Gasteiger partial charge in [-0.25, -0.2) is 0 Å². The molecule has 2 heterocycles. The summed E-state index contributed by atoms with van der Waals surface area (Å²) in [5, 5.41) is 1.87. The topological polar surface area (TPSA) is 50.5 Å². The van der Waals surface area contributed by atoms with Crippen LogP contribution in [-0.4, -0.2) is 39.4 Å². The Morgan fingerprint density at radius 3 is 2.52 bits per heavy atom. The van der Waals surface area contributed by atoms with E-state index in [1.807, 2.05) is 26.0 Å². The molecular formula is C17H18BrNO3Se. The van der Waals surface area contributed by atoms with Crippen LogP contribution in [0.3, 0.4) is 0 Å². The predicted molar refractivity (Wildman–Crippen MR) is 98.7 cm³/mol. The van der Waals surface area contributed by atoms with E-state index in [9.17, 15) is 9.59 Å². The number of fused-ring (bicyclic) bond motifs is 3. The average Bonchev–Trinajstić information content (AvgIpc) is 2.83. The SMILES string of the molecule is CC.Cc1[se]c2c(ccc3cc(C(=O)N(C)C)c(=O)oc32)c1Br. The Kier molecular flexibility index (Phi) is 5.50. The van der Waals surface area contributed by atoms with E-state index in [-0.39, 0.29) is 26.0 Å². The Hall–Kier alpha value is -1.36. The van der Waals surface area contributed by atoms with Gasteiger partial charge >= 0.3 is 135 Å². The molecule has 0 aliphatic rings. The molecule has 2 aromatic heterocycles. The van der Waals surface area contributed by atoms with Crippen LogP contribution < -0.4 is 5.63 Å². The maximum atomic E-state index is 12.1. The van der Waals surface area contributed by atoms with Gasteiger partial charge < -0.3 is 0 Å². The zero-order chi connectivity index (χ0) is 17.3. The van der Waals surface area contributed by atoms with Gasteiger partial charge in [0.1, 0.15) is 0 Å². The van der Waals surface area contributed by atoms with Crippen LogP contribution >= 0.6 is 15.9 Å². The molecule has 6 heteroatoms. The second-order valence-corrected chi connectivity index (χ2v) is 8.34. The fraction of sp³-hybridized carbons (Fsp3) is 0.294. The van der Waals surface area contributed by atoms with E-state index in [2.05, 4.69) is 22.9 Å². The number of halogens is 1. The molecule has 0 saturated carbocycles. The van der Waals surface area contributed by atoms with Gasteiger partial charge in [0.25, 0.3) is 0 Å². The maximum absolute atomic E-state index is 12.1. The van der Waals surface area contributed by atoms with Crippen LogP contribution in [0.4, 0.5) is 0 Å². The van der Waals surface area contributed by atoms with E-state index in [0.717, 1.165) is 19.5 Å². The van der Waals surface area contributed by atoms with E-state index in [0.29, 0.717) is 5.58 Å². The first-order chi connectivity index (χ1) is 10.9. The second-order valence-electron chi connectivity index (χ2n) is 4.98. The first kappa shape index (κ1) is 18.0. The first-order valence-electron chi connectivity index (χ1n) is 7.27. The van der Waals surface area contributed by atoms with Crippen molar-refractivity contribution in [1.29, 1.82) is 0 Å². The van der Waals surface area contributed by atoms with Crippen molar-refractivity contribution in [3.05, 3.63) is 43.1 Å². The van der Waals surface area contributed by atoms with E-state index in [4.69, 9.17) is 4.42 Å². The fourth-order valence-corrected chi connectivity index (χ4v) is 5.43. The fourth-order valence-electron chi connectivity index (χ4n) is 2.21. The summed E-state index contributed by atoms with van der Waals surface area (Å²) < 4.78 is 8.87. The first-order valence-corrected chi connectivity index (χ1v) is 9.78. The van der Waals surface area contributed by atoms with Gasteiger partial charge in [-0.1, -0.05) is 13.8 Å². The van der Waals surface area contributed by atoms with Gasteiger partial charge in [0.2, 0.25) is 0 Å². The van der Waals surface area contributed by atoms with Crippen LogP contribution in [0.25, 0.3) is 20.6 Å². The number of rotatable bonds is 1. The molecule has 0 saturated heterocycles. The molecule has 0 unspecified atom stereocenters. The van der Waals surface area contributed by atoms with Gasteiger partial charge in [0, 0.05) is 0 Å². The summed E-state index contributed by atoms with van der Waals surface area (Å²) in [4.78, 5) is 25.5. The summed E-state index contributed by atoms with van der Waals surface area (Å²) >= 11 is 3.71. The van der Waals surface area contributed by atoms with Crippen LogP contribution in [0.1, 0.15) is 28.6 Å². The van der Waals surface area contributed by atoms with Crippen molar-refractivity contribution in [3.63, 3.8) is 0 Å². The summed E-state index contributed by atoms with van der Waals surface area (Å²) in [5.41, 5.74) is 0.0920. The Morgan fingerprint density at radius 1 is 1.26 bits per heavy atom. The van der Waals surface area contributed by atoms with Crippen LogP contribution in [0, 0.1) is 6.92 Å². The molecule has 0 fully saturated rings. The second kappa shape index (κ2) is 7.03. The van der Waals surface area contributed by atoms with Crippen LogP contribution in [0.2, 0.25) is 0 Å². The van der Waals surface area contributed by atoms with E-state index < -0.39 is 5.63 Å². The summed E-state index contributed by atoms with van der Waals surface area (Å²) in [5.74, 6) is -0.341. The summed E-state index contributed by atoms with van der Waals surface area (Å²) in [6.45, 7) is 6.07. The third kappa shape index (κ3) is 3.16. The Bertz CT molecular complexity index is 940. The average molecular weight is 443 g/mol. The molecule has 1 amide bonds. The molecule has 0 spiro atoms. The Balaban J connectivity index is 0.000000924. The quantitative estimate of drug-likeness (QED) is 0.425. The molecule has 0 aliphatic carbocycles. The Morgan fingerprint density at radius 2 is 1.91 bits per heavy atom. The zero-order valence-electron chi connectivity index (χ0n) is 13.7. The number of hydrogen-bond donors (Lipinski definition) is 0. The summed E-state index contributed by atoms with van der Waals surface area (Å²) in [6.07, 6.45) is 0. The number of carbonyl (C=O) groups is 1. The predicted octanol–water partition coefficient (Wildman–Crippen LogP) is 3.80. The molecule has 3 rings (SSSR count). The minimum atomic E-state index is -0.578. The number of carbonyl (C=O) groups excluding carboxylic acids is 1. The van der Waals surface area contributed by atoms with Crippen molar-refractivity contribution in [2.75, 3.05) is 14.1 Å². The number of aryl methyl sites for hydroxylation is 1. The third-order valence-corrected chi connectivity index (χ3v) is 7.26. The molecule has 0 atom stereocenters.